The summed E-state index contributed by atoms with van der Waals surface area (Å²) in [5.74, 6) is 1.01. The van der Waals surface area contributed by atoms with E-state index in [2.05, 4.69) is 60.4 Å². The number of ether oxygens (including phenoxy) is 1. The molecule has 1 atom stereocenters. The fourth-order valence-electron chi connectivity index (χ4n) is 4.72. The summed E-state index contributed by atoms with van der Waals surface area (Å²) in [6.45, 7) is 2.20. The number of hydrogen-bond donors (Lipinski definition) is 1. The van der Waals surface area contributed by atoms with Gasteiger partial charge in [-0.2, -0.15) is 0 Å². The van der Waals surface area contributed by atoms with Crippen LogP contribution in [0.25, 0.3) is 22.2 Å². The molecular weight excluding hydrogens is 358 g/mol. The summed E-state index contributed by atoms with van der Waals surface area (Å²) < 4.78 is 5.45. The number of methoxy groups -OCH3 is 1. The zero-order valence-corrected chi connectivity index (χ0v) is 16.7. The van der Waals surface area contributed by atoms with Crippen LogP contribution in [0.1, 0.15) is 34.8 Å². The Balaban J connectivity index is 1.68. The molecule has 5 rings (SSSR count). The maximum absolute atomic E-state index is 12.8. The largest absolute Gasteiger partial charge is 0.497 e. The Hall–Kier alpha value is -3.33. The molecule has 0 bridgehead atoms. The predicted octanol–water partition coefficient (Wildman–Crippen LogP) is 5.93. The van der Waals surface area contributed by atoms with E-state index >= 15 is 0 Å². The zero-order chi connectivity index (χ0) is 20.0. The van der Waals surface area contributed by atoms with Gasteiger partial charge in [-0.3, -0.25) is 4.79 Å². The second-order valence-corrected chi connectivity index (χ2v) is 8.14. The average molecular weight is 381 g/mol. The highest BCUT2D eigenvalue weighted by atomic mass is 16.5. The number of carbonyl (C=O) groups is 1. The number of aromatic amines is 1. The maximum atomic E-state index is 12.8. The topological polar surface area (TPSA) is 42.1 Å². The number of carbonyl (C=O) groups excluding carboxylic acids is 1. The zero-order valence-electron chi connectivity index (χ0n) is 16.7. The second-order valence-electron chi connectivity index (χ2n) is 8.14. The van der Waals surface area contributed by atoms with Gasteiger partial charge in [0.1, 0.15) is 5.75 Å². The summed E-state index contributed by atoms with van der Waals surface area (Å²) in [4.78, 5) is 16.4. The Morgan fingerprint density at radius 3 is 2.55 bits per heavy atom. The Morgan fingerprint density at radius 2 is 1.76 bits per heavy atom. The number of rotatable bonds is 4. The van der Waals surface area contributed by atoms with E-state index in [9.17, 15) is 4.79 Å². The third kappa shape index (κ3) is 2.85. The fraction of sp³-hybridized carbons (Fsp3) is 0.192. The minimum absolute atomic E-state index is 0.214. The summed E-state index contributed by atoms with van der Waals surface area (Å²) in [7, 11) is 1.67. The Kier molecular flexibility index (Phi) is 4.06. The molecule has 3 heteroatoms. The summed E-state index contributed by atoms with van der Waals surface area (Å²) in [5, 5.41) is 1.22. The van der Waals surface area contributed by atoms with Gasteiger partial charge in [0.25, 0.3) is 0 Å². The second kappa shape index (κ2) is 6.63. The van der Waals surface area contributed by atoms with Crippen LogP contribution in [0.5, 0.6) is 5.75 Å². The van der Waals surface area contributed by atoms with Crippen LogP contribution in [0.2, 0.25) is 0 Å². The molecule has 0 aliphatic heterocycles. The van der Waals surface area contributed by atoms with Gasteiger partial charge in [-0.15, -0.1) is 0 Å². The molecule has 144 valence electrons. The first-order valence-corrected chi connectivity index (χ1v) is 9.96. The SMILES string of the molecule is COc1ccc2c(c1)[C@@](C)(Cc1c(-c3ccccc3)[nH]c3ccccc13)CC2=O. The average Bonchev–Trinajstić information content (AvgIpc) is 3.23. The van der Waals surface area contributed by atoms with Crippen LogP contribution in [-0.4, -0.2) is 17.9 Å². The highest BCUT2D eigenvalue weighted by molar-refractivity contribution is 6.02. The number of benzene rings is 3. The van der Waals surface area contributed by atoms with E-state index < -0.39 is 0 Å². The van der Waals surface area contributed by atoms with Crippen LogP contribution in [0.15, 0.2) is 72.8 Å². The van der Waals surface area contributed by atoms with Gasteiger partial charge in [-0.25, -0.2) is 0 Å². The first kappa shape index (κ1) is 17.7. The van der Waals surface area contributed by atoms with Gasteiger partial charge in [-0.05, 0) is 47.4 Å². The number of H-pyrrole nitrogens is 1. The minimum Gasteiger partial charge on any atom is -0.497 e. The van der Waals surface area contributed by atoms with Crippen molar-refractivity contribution in [2.45, 2.75) is 25.2 Å². The lowest BCUT2D eigenvalue weighted by atomic mass is 9.77. The predicted molar refractivity (Wildman–Crippen MR) is 117 cm³/mol. The van der Waals surface area contributed by atoms with Gasteiger partial charge in [0, 0.05) is 34.0 Å². The quantitative estimate of drug-likeness (QED) is 0.476. The molecule has 1 aliphatic carbocycles. The molecule has 4 aromatic rings. The van der Waals surface area contributed by atoms with E-state index in [4.69, 9.17) is 4.74 Å². The molecule has 0 radical (unpaired) electrons. The van der Waals surface area contributed by atoms with E-state index in [1.807, 2.05) is 24.3 Å². The Morgan fingerprint density at radius 1 is 1.00 bits per heavy atom. The highest BCUT2D eigenvalue weighted by Crippen LogP contribution is 2.45. The number of para-hydroxylation sites is 1. The summed E-state index contributed by atoms with van der Waals surface area (Å²) >= 11 is 0. The highest BCUT2D eigenvalue weighted by Gasteiger charge is 2.41. The number of ketones is 1. The molecule has 0 fully saturated rings. The Bertz CT molecular complexity index is 1220. The minimum atomic E-state index is -0.268. The van der Waals surface area contributed by atoms with Gasteiger partial charge in [0.2, 0.25) is 0 Å². The molecule has 1 N–H and O–H groups in total. The van der Waals surface area contributed by atoms with Gasteiger partial charge in [0.15, 0.2) is 5.78 Å². The van der Waals surface area contributed by atoms with Gasteiger partial charge >= 0.3 is 0 Å². The lowest BCUT2D eigenvalue weighted by molar-refractivity contribution is 0.0976. The fourth-order valence-corrected chi connectivity index (χ4v) is 4.72. The van der Waals surface area contributed by atoms with Crippen molar-refractivity contribution in [2.75, 3.05) is 7.11 Å². The van der Waals surface area contributed by atoms with E-state index in [0.29, 0.717) is 6.42 Å². The molecule has 29 heavy (non-hydrogen) atoms. The van der Waals surface area contributed by atoms with Crippen LogP contribution in [0.4, 0.5) is 0 Å². The summed E-state index contributed by atoms with van der Waals surface area (Å²) in [6.07, 6.45) is 1.30. The molecule has 0 amide bonds. The van der Waals surface area contributed by atoms with E-state index in [-0.39, 0.29) is 11.2 Å². The molecule has 1 aromatic heterocycles. The smallest absolute Gasteiger partial charge is 0.164 e. The molecule has 0 spiro atoms. The number of Topliss-reactive ketones (excluding diaryl/α,β-unsaturated/α-hetero) is 1. The molecule has 1 heterocycles. The van der Waals surface area contributed by atoms with Crippen LogP contribution in [0, 0.1) is 0 Å². The van der Waals surface area contributed by atoms with Crippen LogP contribution >= 0.6 is 0 Å². The van der Waals surface area contributed by atoms with Crippen molar-refractivity contribution in [2.24, 2.45) is 0 Å². The van der Waals surface area contributed by atoms with Crippen LogP contribution in [0.3, 0.4) is 0 Å². The molecular formula is C26H23NO2. The number of aromatic nitrogens is 1. The van der Waals surface area contributed by atoms with Gasteiger partial charge in [-0.1, -0.05) is 55.5 Å². The summed E-state index contributed by atoms with van der Waals surface area (Å²) in [6, 6.07) is 24.7. The van der Waals surface area contributed by atoms with E-state index in [0.717, 1.165) is 40.1 Å². The molecule has 0 saturated heterocycles. The van der Waals surface area contributed by atoms with Gasteiger partial charge in [0.05, 0.1) is 7.11 Å². The molecule has 1 aliphatic rings. The number of hydrogen-bond acceptors (Lipinski definition) is 2. The van der Waals surface area contributed by atoms with Crippen molar-refractivity contribution >= 4 is 16.7 Å². The summed E-state index contributed by atoms with van der Waals surface area (Å²) in [5.41, 5.74) is 6.34. The standard InChI is InChI=1S/C26H23NO2/c1-26(16-24(28)20-13-12-18(29-2)14-22(20)26)15-21-19-10-6-7-11-23(19)27-25(21)17-8-4-3-5-9-17/h3-14,27H,15-16H2,1-2H3/t26-/m0/s1. The lowest BCUT2D eigenvalue weighted by Gasteiger charge is -2.25. The van der Waals surface area contributed by atoms with Gasteiger partial charge < -0.3 is 9.72 Å². The third-order valence-corrected chi connectivity index (χ3v) is 6.17. The van der Waals surface area contributed by atoms with E-state index in [1.54, 1.807) is 7.11 Å². The molecule has 0 saturated carbocycles. The van der Waals surface area contributed by atoms with Crippen molar-refractivity contribution in [1.29, 1.82) is 0 Å². The first-order chi connectivity index (χ1) is 14.1. The lowest BCUT2D eigenvalue weighted by Crippen LogP contribution is -2.22. The van der Waals surface area contributed by atoms with Crippen molar-refractivity contribution in [1.82, 2.24) is 4.98 Å². The normalized spacial score (nSPS) is 18.2. The maximum Gasteiger partial charge on any atom is 0.164 e. The van der Waals surface area contributed by atoms with Crippen LogP contribution < -0.4 is 4.74 Å². The van der Waals surface area contributed by atoms with Crippen molar-refractivity contribution in [3.05, 3.63) is 89.5 Å². The number of fused-ring (bicyclic) bond motifs is 2. The van der Waals surface area contributed by atoms with Crippen molar-refractivity contribution in [3.8, 4) is 17.0 Å². The Labute approximate surface area is 170 Å². The van der Waals surface area contributed by atoms with Crippen molar-refractivity contribution < 1.29 is 9.53 Å². The molecule has 3 nitrogen and oxygen atoms in total. The van der Waals surface area contributed by atoms with E-state index in [1.165, 1.54) is 10.9 Å². The monoisotopic (exact) mass is 381 g/mol. The molecule has 3 aromatic carbocycles. The van der Waals surface area contributed by atoms with Crippen molar-refractivity contribution in [3.63, 3.8) is 0 Å². The third-order valence-electron chi connectivity index (χ3n) is 6.17. The first-order valence-electron chi connectivity index (χ1n) is 9.96. The van der Waals surface area contributed by atoms with Crippen LogP contribution in [-0.2, 0) is 11.8 Å². The molecule has 0 unspecified atom stereocenters. The number of nitrogens with one attached hydrogen (secondary N) is 1.